The fourth-order valence-electron chi connectivity index (χ4n) is 3.62. The molecule has 1 fully saturated rings. The molecular formula is C22H28N2O4. The van der Waals surface area contributed by atoms with Crippen LogP contribution in [0, 0.1) is 0 Å². The molecule has 0 aromatic heterocycles. The van der Waals surface area contributed by atoms with Crippen molar-refractivity contribution in [3.63, 3.8) is 0 Å². The predicted molar refractivity (Wildman–Crippen MR) is 108 cm³/mol. The maximum Gasteiger partial charge on any atom is 0.254 e. The zero-order valence-electron chi connectivity index (χ0n) is 17.0. The van der Waals surface area contributed by atoms with Gasteiger partial charge in [-0.25, -0.2) is 0 Å². The molecule has 1 amide bonds. The Kier molecular flexibility index (Phi) is 6.41. The molecule has 0 radical (unpaired) electrons. The first kappa shape index (κ1) is 20.0. The van der Waals surface area contributed by atoms with E-state index in [1.165, 1.54) is 5.56 Å². The minimum Gasteiger partial charge on any atom is -0.493 e. The van der Waals surface area contributed by atoms with E-state index in [1.807, 2.05) is 11.0 Å². The van der Waals surface area contributed by atoms with E-state index in [0.29, 0.717) is 35.9 Å². The zero-order valence-corrected chi connectivity index (χ0v) is 17.0. The lowest BCUT2D eigenvalue weighted by atomic mass is 10.1. The number of rotatable bonds is 6. The van der Waals surface area contributed by atoms with Gasteiger partial charge in [-0.2, -0.15) is 0 Å². The first-order chi connectivity index (χ1) is 13.6. The monoisotopic (exact) mass is 384 g/mol. The lowest BCUT2D eigenvalue weighted by Crippen LogP contribution is -2.53. The van der Waals surface area contributed by atoms with Crippen molar-refractivity contribution in [3.8, 4) is 17.2 Å². The highest BCUT2D eigenvalue weighted by Gasteiger charge is 2.28. The Balaban J connectivity index is 1.72. The molecule has 150 valence electrons. The highest BCUT2D eigenvalue weighted by Crippen LogP contribution is 2.38. The number of nitrogens with zero attached hydrogens (tertiary/aromatic N) is 2. The second kappa shape index (κ2) is 8.97. The van der Waals surface area contributed by atoms with E-state index in [2.05, 4.69) is 36.1 Å². The summed E-state index contributed by atoms with van der Waals surface area (Å²) < 4.78 is 16.1. The fourth-order valence-corrected chi connectivity index (χ4v) is 3.62. The normalized spacial score (nSPS) is 17.3. The van der Waals surface area contributed by atoms with Gasteiger partial charge in [0.05, 0.1) is 21.3 Å². The van der Waals surface area contributed by atoms with Crippen molar-refractivity contribution < 1.29 is 19.0 Å². The van der Waals surface area contributed by atoms with Crippen LogP contribution in [0.3, 0.4) is 0 Å². The van der Waals surface area contributed by atoms with Gasteiger partial charge in [0.25, 0.3) is 5.91 Å². The molecule has 0 aliphatic carbocycles. The zero-order chi connectivity index (χ0) is 20.1. The van der Waals surface area contributed by atoms with Gasteiger partial charge in [0.1, 0.15) is 0 Å². The van der Waals surface area contributed by atoms with Crippen LogP contribution in [0.5, 0.6) is 17.2 Å². The number of piperazine rings is 1. The summed E-state index contributed by atoms with van der Waals surface area (Å²) in [7, 11) is 4.65. The molecule has 2 aromatic rings. The molecule has 0 saturated carbocycles. The Labute approximate surface area is 166 Å². The standard InChI is InChI=1S/C22H28N2O4/c1-16-14-24(11-10-23(16)15-17-8-6-5-7-9-17)22(25)18-12-19(26-2)21(28-4)20(13-18)27-3/h5-9,12-13,16H,10-11,14-15H2,1-4H3. The number of amides is 1. The van der Waals surface area contributed by atoms with Crippen LogP contribution in [0.15, 0.2) is 42.5 Å². The molecular weight excluding hydrogens is 356 g/mol. The Hall–Kier alpha value is -2.73. The van der Waals surface area contributed by atoms with E-state index in [0.717, 1.165) is 13.1 Å². The lowest BCUT2D eigenvalue weighted by Gasteiger charge is -2.40. The summed E-state index contributed by atoms with van der Waals surface area (Å²) in [6.45, 7) is 5.27. The molecule has 1 saturated heterocycles. The van der Waals surface area contributed by atoms with Gasteiger partial charge in [0, 0.05) is 37.8 Å². The van der Waals surface area contributed by atoms with Crippen LogP contribution in [-0.4, -0.2) is 62.7 Å². The summed E-state index contributed by atoms with van der Waals surface area (Å²) in [5, 5.41) is 0. The first-order valence-electron chi connectivity index (χ1n) is 9.44. The maximum absolute atomic E-state index is 13.1. The van der Waals surface area contributed by atoms with Crippen molar-refractivity contribution in [1.29, 1.82) is 0 Å². The van der Waals surface area contributed by atoms with Gasteiger partial charge in [-0.1, -0.05) is 30.3 Å². The minimum atomic E-state index is -0.0227. The van der Waals surface area contributed by atoms with Crippen molar-refractivity contribution in [2.45, 2.75) is 19.5 Å². The molecule has 1 unspecified atom stereocenters. The molecule has 1 atom stereocenters. The van der Waals surface area contributed by atoms with Crippen molar-refractivity contribution in [2.75, 3.05) is 41.0 Å². The first-order valence-corrected chi connectivity index (χ1v) is 9.44. The van der Waals surface area contributed by atoms with Gasteiger partial charge in [-0.15, -0.1) is 0 Å². The van der Waals surface area contributed by atoms with Crippen LogP contribution in [0.2, 0.25) is 0 Å². The molecule has 28 heavy (non-hydrogen) atoms. The van der Waals surface area contributed by atoms with Crippen LogP contribution in [0.25, 0.3) is 0 Å². The highest BCUT2D eigenvalue weighted by atomic mass is 16.5. The summed E-state index contributed by atoms with van der Waals surface area (Å²) in [6.07, 6.45) is 0. The van der Waals surface area contributed by atoms with Crippen LogP contribution in [0.4, 0.5) is 0 Å². The molecule has 1 aliphatic rings. The van der Waals surface area contributed by atoms with E-state index in [-0.39, 0.29) is 11.9 Å². The lowest BCUT2D eigenvalue weighted by molar-refractivity contribution is 0.0494. The topological polar surface area (TPSA) is 51.2 Å². The fraction of sp³-hybridized carbons (Fsp3) is 0.409. The molecule has 0 spiro atoms. The van der Waals surface area contributed by atoms with Crippen molar-refractivity contribution in [2.24, 2.45) is 0 Å². The summed E-state index contributed by atoms with van der Waals surface area (Å²) in [4.78, 5) is 17.4. The quantitative estimate of drug-likeness (QED) is 0.766. The van der Waals surface area contributed by atoms with Gasteiger partial charge in [0.15, 0.2) is 11.5 Å². The van der Waals surface area contributed by atoms with Crippen LogP contribution in [0.1, 0.15) is 22.8 Å². The molecule has 6 nitrogen and oxygen atoms in total. The van der Waals surface area contributed by atoms with Gasteiger partial charge in [0.2, 0.25) is 5.75 Å². The van der Waals surface area contributed by atoms with Gasteiger partial charge < -0.3 is 19.1 Å². The third-order valence-corrected chi connectivity index (χ3v) is 5.19. The second-order valence-corrected chi connectivity index (χ2v) is 6.97. The van der Waals surface area contributed by atoms with Crippen molar-refractivity contribution in [1.82, 2.24) is 9.80 Å². The molecule has 6 heteroatoms. The van der Waals surface area contributed by atoms with Crippen molar-refractivity contribution in [3.05, 3.63) is 53.6 Å². The summed E-state index contributed by atoms with van der Waals surface area (Å²) in [6, 6.07) is 14.1. The van der Waals surface area contributed by atoms with E-state index in [1.54, 1.807) is 33.5 Å². The number of hydrogen-bond donors (Lipinski definition) is 0. The van der Waals surface area contributed by atoms with E-state index in [4.69, 9.17) is 14.2 Å². The average molecular weight is 384 g/mol. The number of hydrogen-bond acceptors (Lipinski definition) is 5. The second-order valence-electron chi connectivity index (χ2n) is 6.97. The third-order valence-electron chi connectivity index (χ3n) is 5.19. The maximum atomic E-state index is 13.1. The highest BCUT2D eigenvalue weighted by molar-refractivity contribution is 5.95. The van der Waals surface area contributed by atoms with Crippen LogP contribution < -0.4 is 14.2 Å². The Bertz CT molecular complexity index is 784. The summed E-state index contributed by atoms with van der Waals surface area (Å²) in [5.74, 6) is 1.44. The Morgan fingerprint density at radius 2 is 1.64 bits per heavy atom. The smallest absolute Gasteiger partial charge is 0.254 e. The SMILES string of the molecule is COc1cc(C(=O)N2CCN(Cc3ccccc3)C(C)C2)cc(OC)c1OC. The van der Waals surface area contributed by atoms with E-state index >= 15 is 0 Å². The van der Waals surface area contributed by atoms with Crippen molar-refractivity contribution >= 4 is 5.91 Å². The Morgan fingerprint density at radius 1 is 1.00 bits per heavy atom. The molecule has 3 rings (SSSR count). The van der Waals surface area contributed by atoms with Gasteiger partial charge in [-0.05, 0) is 24.6 Å². The van der Waals surface area contributed by atoms with Gasteiger partial charge >= 0.3 is 0 Å². The molecule has 0 bridgehead atoms. The van der Waals surface area contributed by atoms with E-state index < -0.39 is 0 Å². The third kappa shape index (κ3) is 4.22. The number of benzene rings is 2. The van der Waals surface area contributed by atoms with Crippen LogP contribution in [-0.2, 0) is 6.54 Å². The Morgan fingerprint density at radius 3 is 2.18 bits per heavy atom. The number of methoxy groups -OCH3 is 3. The largest absolute Gasteiger partial charge is 0.493 e. The predicted octanol–water partition coefficient (Wildman–Crippen LogP) is 3.06. The summed E-state index contributed by atoms with van der Waals surface area (Å²) >= 11 is 0. The molecule has 2 aromatic carbocycles. The number of ether oxygens (including phenoxy) is 3. The molecule has 1 heterocycles. The number of carbonyl (C=O) groups excluding carboxylic acids is 1. The van der Waals surface area contributed by atoms with Gasteiger partial charge in [-0.3, -0.25) is 9.69 Å². The number of carbonyl (C=O) groups is 1. The minimum absolute atomic E-state index is 0.0227. The molecule has 0 N–H and O–H groups in total. The summed E-state index contributed by atoms with van der Waals surface area (Å²) in [5.41, 5.74) is 1.83. The molecule has 1 aliphatic heterocycles. The average Bonchev–Trinajstić information content (AvgIpc) is 2.74. The van der Waals surface area contributed by atoms with E-state index in [9.17, 15) is 4.79 Å². The van der Waals surface area contributed by atoms with Crippen LogP contribution >= 0.6 is 0 Å².